The Morgan fingerprint density at radius 3 is 2.65 bits per heavy atom. The van der Waals surface area contributed by atoms with Crippen molar-refractivity contribution in [3.8, 4) is 5.75 Å². The predicted molar refractivity (Wildman–Crippen MR) is 79.7 cm³/mol. The molecule has 0 radical (unpaired) electrons. The third-order valence-corrected chi connectivity index (χ3v) is 3.11. The van der Waals surface area contributed by atoms with Crippen molar-refractivity contribution in [1.82, 2.24) is 14.9 Å². The van der Waals surface area contributed by atoms with Crippen LogP contribution in [0.5, 0.6) is 5.75 Å². The highest BCUT2D eigenvalue weighted by Crippen LogP contribution is 2.33. The second-order valence-corrected chi connectivity index (χ2v) is 4.79. The van der Waals surface area contributed by atoms with Gasteiger partial charge in [0.05, 0.1) is 23.4 Å². The highest BCUT2D eigenvalue weighted by Gasteiger charge is 2.07. The smallest absolute Gasteiger partial charge is 0.293 e. The van der Waals surface area contributed by atoms with E-state index in [-0.39, 0.29) is 4.77 Å². The van der Waals surface area contributed by atoms with Gasteiger partial charge in [-0.25, -0.2) is 0 Å². The van der Waals surface area contributed by atoms with Crippen molar-refractivity contribution < 1.29 is 4.74 Å². The van der Waals surface area contributed by atoms with Crippen molar-refractivity contribution in [1.29, 1.82) is 0 Å². The summed E-state index contributed by atoms with van der Waals surface area (Å²) in [5, 5.41) is 10.7. The van der Waals surface area contributed by atoms with Crippen molar-refractivity contribution >= 4 is 41.6 Å². The van der Waals surface area contributed by atoms with E-state index in [1.807, 2.05) is 0 Å². The van der Waals surface area contributed by atoms with Crippen molar-refractivity contribution in [2.45, 2.75) is 0 Å². The highest BCUT2D eigenvalue weighted by atomic mass is 35.5. The molecule has 2 aromatic rings. The van der Waals surface area contributed by atoms with Gasteiger partial charge in [-0.3, -0.25) is 9.89 Å². The van der Waals surface area contributed by atoms with E-state index in [4.69, 9.17) is 40.2 Å². The Morgan fingerprint density at radius 1 is 1.45 bits per heavy atom. The lowest BCUT2D eigenvalue weighted by Gasteiger charge is -2.06. The highest BCUT2D eigenvalue weighted by molar-refractivity contribution is 7.71. The van der Waals surface area contributed by atoms with Gasteiger partial charge in [0.25, 0.3) is 5.56 Å². The Balaban J connectivity index is 2.43. The molecule has 0 atom stereocenters. The van der Waals surface area contributed by atoms with E-state index in [9.17, 15) is 4.79 Å². The monoisotopic (exact) mass is 330 g/mol. The summed E-state index contributed by atoms with van der Waals surface area (Å²) in [5.74, 6) is 0.379. The molecule has 1 aromatic carbocycles. The van der Waals surface area contributed by atoms with E-state index < -0.39 is 5.56 Å². The van der Waals surface area contributed by atoms with Gasteiger partial charge in [-0.15, -0.1) is 0 Å². The molecule has 2 rings (SSSR count). The third kappa shape index (κ3) is 3.06. The second-order valence-electron chi connectivity index (χ2n) is 3.59. The molecule has 0 saturated heterocycles. The summed E-state index contributed by atoms with van der Waals surface area (Å²) >= 11 is 16.9. The van der Waals surface area contributed by atoms with Crippen LogP contribution in [0.2, 0.25) is 10.0 Å². The van der Waals surface area contributed by atoms with E-state index >= 15 is 0 Å². The van der Waals surface area contributed by atoms with Gasteiger partial charge in [-0.2, -0.15) is 14.9 Å². The molecule has 1 N–H and O–H groups in total. The Labute approximate surface area is 128 Å². The summed E-state index contributed by atoms with van der Waals surface area (Å²) in [6, 6.07) is 3.21. The Morgan fingerprint density at radius 2 is 2.10 bits per heavy atom. The fraction of sp³-hybridized carbons (Fsp3) is 0.0909. The van der Waals surface area contributed by atoms with Crippen molar-refractivity contribution in [3.63, 3.8) is 0 Å². The first-order valence-corrected chi connectivity index (χ1v) is 6.43. The largest absolute Gasteiger partial charge is 0.494 e. The van der Waals surface area contributed by atoms with Crippen molar-refractivity contribution in [2.24, 2.45) is 5.10 Å². The number of benzene rings is 1. The predicted octanol–water partition coefficient (Wildman–Crippen LogP) is 2.50. The van der Waals surface area contributed by atoms with Crippen LogP contribution in [-0.2, 0) is 0 Å². The lowest BCUT2D eigenvalue weighted by atomic mass is 10.2. The minimum atomic E-state index is -0.448. The van der Waals surface area contributed by atoms with Gasteiger partial charge < -0.3 is 4.74 Å². The molecule has 0 fully saturated rings. The van der Waals surface area contributed by atoms with Crippen LogP contribution < -0.4 is 10.3 Å². The summed E-state index contributed by atoms with van der Waals surface area (Å²) in [7, 11) is 1.47. The van der Waals surface area contributed by atoms with E-state index in [0.29, 0.717) is 21.4 Å². The van der Waals surface area contributed by atoms with Gasteiger partial charge in [0, 0.05) is 0 Å². The van der Waals surface area contributed by atoms with Crippen LogP contribution >= 0.6 is 35.4 Å². The van der Waals surface area contributed by atoms with Gasteiger partial charge in [0.2, 0.25) is 4.77 Å². The molecule has 0 bridgehead atoms. The summed E-state index contributed by atoms with van der Waals surface area (Å²) in [6.45, 7) is 0. The van der Waals surface area contributed by atoms with Crippen LogP contribution in [0.15, 0.2) is 28.2 Å². The topological polar surface area (TPSA) is 72.3 Å². The zero-order valence-electron chi connectivity index (χ0n) is 10.1. The first-order chi connectivity index (χ1) is 9.52. The standard InChI is InChI=1S/C11H8Cl2N4O2S/c1-19-10-7(12)2-6(3-8(10)13)4-15-17-9(18)5-14-16-11(17)20/h2-5H,1H3,(H,16,20)/b15-4-. The number of ether oxygens (including phenoxy) is 1. The van der Waals surface area contributed by atoms with E-state index in [1.165, 1.54) is 13.3 Å². The van der Waals surface area contributed by atoms with Crippen LogP contribution in [0.3, 0.4) is 0 Å². The molecule has 0 amide bonds. The molecule has 6 nitrogen and oxygen atoms in total. The average Bonchev–Trinajstić information content (AvgIpc) is 2.38. The molecule has 0 spiro atoms. The summed E-state index contributed by atoms with van der Waals surface area (Å²) in [5.41, 5.74) is 0.148. The molecule has 0 aliphatic rings. The Hall–Kier alpha value is -1.70. The van der Waals surface area contributed by atoms with Crippen LogP contribution in [0.25, 0.3) is 0 Å². The fourth-order valence-electron chi connectivity index (χ4n) is 1.43. The SMILES string of the molecule is COc1c(Cl)cc(/C=N\n2c(=O)cn[nH]c2=S)cc1Cl. The van der Waals surface area contributed by atoms with Gasteiger partial charge in [0.15, 0.2) is 5.75 Å². The Kier molecular flexibility index (Phi) is 4.53. The average molecular weight is 331 g/mol. The molecular weight excluding hydrogens is 323 g/mol. The maximum Gasteiger partial charge on any atom is 0.293 e. The van der Waals surface area contributed by atoms with Gasteiger partial charge in [0.1, 0.15) is 6.20 Å². The number of aromatic amines is 1. The minimum Gasteiger partial charge on any atom is -0.494 e. The maximum absolute atomic E-state index is 11.5. The van der Waals surface area contributed by atoms with Crippen molar-refractivity contribution in [3.05, 3.63) is 49.1 Å². The number of hydrogen-bond donors (Lipinski definition) is 1. The quantitative estimate of drug-likeness (QED) is 0.693. The number of aromatic nitrogens is 3. The summed E-state index contributed by atoms with van der Waals surface area (Å²) in [4.78, 5) is 11.5. The number of halogens is 2. The normalized spacial score (nSPS) is 10.9. The van der Waals surface area contributed by atoms with Crippen molar-refractivity contribution in [2.75, 3.05) is 7.11 Å². The Bertz CT molecular complexity index is 733. The van der Waals surface area contributed by atoms with Crippen LogP contribution in [0.1, 0.15) is 5.56 Å². The second kappa shape index (κ2) is 6.17. The number of nitrogens with one attached hydrogen (secondary N) is 1. The fourth-order valence-corrected chi connectivity index (χ4v) is 2.28. The molecule has 104 valence electrons. The number of methoxy groups -OCH3 is 1. The lowest BCUT2D eigenvalue weighted by Crippen LogP contribution is -2.18. The molecule has 1 aromatic heterocycles. The number of hydrogen-bond acceptors (Lipinski definition) is 5. The van der Waals surface area contributed by atoms with Gasteiger partial charge >= 0.3 is 0 Å². The first kappa shape index (κ1) is 14.7. The molecule has 0 unspecified atom stereocenters. The molecule has 0 saturated carbocycles. The van der Waals surface area contributed by atoms with E-state index in [1.54, 1.807) is 12.1 Å². The molecule has 20 heavy (non-hydrogen) atoms. The van der Waals surface area contributed by atoms with E-state index in [0.717, 1.165) is 10.9 Å². The van der Waals surface area contributed by atoms with Gasteiger partial charge in [-0.1, -0.05) is 23.2 Å². The van der Waals surface area contributed by atoms with E-state index in [2.05, 4.69) is 15.3 Å². The number of nitrogens with zero attached hydrogens (tertiary/aromatic N) is 3. The summed E-state index contributed by atoms with van der Waals surface area (Å²) in [6.07, 6.45) is 2.48. The minimum absolute atomic E-state index is 0.0828. The maximum atomic E-state index is 11.5. The molecule has 0 aliphatic carbocycles. The van der Waals surface area contributed by atoms with Crippen LogP contribution in [0.4, 0.5) is 0 Å². The van der Waals surface area contributed by atoms with Gasteiger partial charge in [-0.05, 0) is 29.9 Å². The lowest BCUT2D eigenvalue weighted by molar-refractivity contribution is 0.415. The summed E-state index contributed by atoms with van der Waals surface area (Å²) < 4.78 is 6.12. The molecular formula is C11H8Cl2N4O2S. The molecule has 1 heterocycles. The molecule has 9 heteroatoms. The van der Waals surface area contributed by atoms with Crippen LogP contribution in [0, 0.1) is 4.77 Å². The first-order valence-electron chi connectivity index (χ1n) is 5.27. The third-order valence-electron chi connectivity index (χ3n) is 2.28. The number of rotatable bonds is 3. The van der Waals surface area contributed by atoms with Crippen LogP contribution in [-0.4, -0.2) is 28.2 Å². The zero-order valence-corrected chi connectivity index (χ0v) is 12.5. The molecule has 0 aliphatic heterocycles. The number of H-pyrrole nitrogens is 1. The zero-order chi connectivity index (χ0) is 14.7.